The zero-order chi connectivity index (χ0) is 22.4. The van der Waals surface area contributed by atoms with Gasteiger partial charge in [-0.05, 0) is 30.2 Å². The standard InChI is InChI=1S/C20H24F3N3O3S.HI/c1-14-10-15(8-9-18(14)30(3,27)28)11-25-19(24-2)26-12-16-6-4-5-7-17(16)29-13-20(21,22)23;/h4-10H,11-13H2,1-3H3,(H2,24,25,26);1H. The van der Waals surface area contributed by atoms with Gasteiger partial charge in [0.25, 0.3) is 0 Å². The van der Waals surface area contributed by atoms with Crippen LogP contribution in [-0.2, 0) is 22.9 Å². The molecular weight excluding hydrogens is 546 g/mol. The van der Waals surface area contributed by atoms with Gasteiger partial charge in [-0.25, -0.2) is 8.42 Å². The van der Waals surface area contributed by atoms with Gasteiger partial charge < -0.3 is 15.4 Å². The number of benzene rings is 2. The van der Waals surface area contributed by atoms with Crippen LogP contribution in [-0.4, -0.2) is 40.5 Å². The lowest BCUT2D eigenvalue weighted by Gasteiger charge is -2.16. The average molecular weight is 571 g/mol. The molecule has 0 aliphatic carbocycles. The van der Waals surface area contributed by atoms with E-state index in [1.54, 1.807) is 50.4 Å². The van der Waals surface area contributed by atoms with Crippen molar-refractivity contribution >= 4 is 39.8 Å². The summed E-state index contributed by atoms with van der Waals surface area (Å²) in [5, 5.41) is 6.11. The molecule has 2 aromatic rings. The van der Waals surface area contributed by atoms with Crippen molar-refractivity contribution in [1.29, 1.82) is 0 Å². The molecule has 172 valence electrons. The molecule has 6 nitrogen and oxygen atoms in total. The molecule has 0 bridgehead atoms. The summed E-state index contributed by atoms with van der Waals surface area (Å²) in [6, 6.07) is 11.5. The van der Waals surface area contributed by atoms with E-state index in [2.05, 4.69) is 15.6 Å². The molecule has 0 saturated heterocycles. The van der Waals surface area contributed by atoms with Gasteiger partial charge in [-0.15, -0.1) is 24.0 Å². The lowest BCUT2D eigenvalue weighted by Crippen LogP contribution is -2.36. The van der Waals surface area contributed by atoms with Crippen molar-refractivity contribution < 1.29 is 26.3 Å². The van der Waals surface area contributed by atoms with E-state index in [0.717, 1.165) is 11.8 Å². The first-order valence-corrected chi connectivity index (χ1v) is 10.9. The van der Waals surface area contributed by atoms with Crippen LogP contribution in [0.3, 0.4) is 0 Å². The minimum Gasteiger partial charge on any atom is -0.484 e. The Morgan fingerprint density at radius 3 is 2.32 bits per heavy atom. The first-order chi connectivity index (χ1) is 14.0. The molecule has 31 heavy (non-hydrogen) atoms. The fraction of sp³-hybridized carbons (Fsp3) is 0.350. The molecule has 0 fully saturated rings. The van der Waals surface area contributed by atoms with Crippen LogP contribution >= 0.6 is 24.0 Å². The molecule has 0 radical (unpaired) electrons. The van der Waals surface area contributed by atoms with E-state index < -0.39 is 22.6 Å². The van der Waals surface area contributed by atoms with Crippen molar-refractivity contribution in [3.8, 4) is 5.75 Å². The predicted octanol–water partition coefficient (Wildman–Crippen LogP) is 3.82. The van der Waals surface area contributed by atoms with Crippen LogP contribution < -0.4 is 15.4 Å². The Bertz CT molecular complexity index is 1010. The Kier molecular flexibility index (Phi) is 10.1. The van der Waals surface area contributed by atoms with Crippen molar-refractivity contribution in [2.45, 2.75) is 31.1 Å². The summed E-state index contributed by atoms with van der Waals surface area (Å²) in [5.74, 6) is 0.579. The number of ether oxygens (including phenoxy) is 1. The van der Waals surface area contributed by atoms with Gasteiger partial charge in [0.2, 0.25) is 0 Å². The number of guanidine groups is 1. The van der Waals surface area contributed by atoms with Crippen molar-refractivity contribution in [1.82, 2.24) is 10.6 Å². The lowest BCUT2D eigenvalue weighted by molar-refractivity contribution is -0.153. The number of aliphatic imine (C=N–C) groups is 1. The summed E-state index contributed by atoms with van der Waals surface area (Å²) in [4.78, 5) is 4.37. The summed E-state index contributed by atoms with van der Waals surface area (Å²) < 4.78 is 65.5. The number of alkyl halides is 3. The number of hydrogen-bond donors (Lipinski definition) is 2. The van der Waals surface area contributed by atoms with Gasteiger partial charge in [0.05, 0.1) is 4.90 Å². The maximum Gasteiger partial charge on any atom is 0.422 e. The monoisotopic (exact) mass is 571 g/mol. The van der Waals surface area contributed by atoms with Crippen molar-refractivity contribution in [2.24, 2.45) is 4.99 Å². The molecule has 0 spiro atoms. The smallest absolute Gasteiger partial charge is 0.422 e. The predicted molar refractivity (Wildman–Crippen MR) is 125 cm³/mol. The van der Waals surface area contributed by atoms with Crippen LogP contribution in [0.2, 0.25) is 0 Å². The quantitative estimate of drug-likeness (QED) is 0.300. The molecule has 2 rings (SSSR count). The van der Waals surface area contributed by atoms with E-state index in [4.69, 9.17) is 4.74 Å². The number of para-hydroxylation sites is 1. The number of hydrogen-bond acceptors (Lipinski definition) is 4. The molecule has 0 saturated carbocycles. The third-order valence-corrected chi connectivity index (χ3v) is 5.39. The van der Waals surface area contributed by atoms with Gasteiger partial charge in [-0.3, -0.25) is 4.99 Å². The molecule has 11 heteroatoms. The van der Waals surface area contributed by atoms with E-state index in [9.17, 15) is 21.6 Å². The zero-order valence-electron chi connectivity index (χ0n) is 17.3. The molecule has 0 atom stereocenters. The van der Waals surface area contributed by atoms with Crippen LogP contribution in [0.5, 0.6) is 5.75 Å². The summed E-state index contributed by atoms with van der Waals surface area (Å²) in [5.41, 5.74) is 2.06. The van der Waals surface area contributed by atoms with Gasteiger partial charge >= 0.3 is 6.18 Å². The minimum absolute atomic E-state index is 0. The molecule has 2 N–H and O–H groups in total. The van der Waals surface area contributed by atoms with Crippen LogP contribution in [0.1, 0.15) is 16.7 Å². The van der Waals surface area contributed by atoms with E-state index in [-0.39, 0.29) is 41.2 Å². The topological polar surface area (TPSA) is 79.8 Å². The Morgan fingerprint density at radius 1 is 1.10 bits per heavy atom. The Morgan fingerprint density at radius 2 is 1.74 bits per heavy atom. The fourth-order valence-corrected chi connectivity index (χ4v) is 3.73. The molecule has 2 aromatic carbocycles. The number of rotatable bonds is 7. The highest BCUT2D eigenvalue weighted by Crippen LogP contribution is 2.22. The second kappa shape index (κ2) is 11.6. The largest absolute Gasteiger partial charge is 0.484 e. The highest BCUT2D eigenvalue weighted by atomic mass is 127. The first kappa shape index (κ1) is 27.0. The highest BCUT2D eigenvalue weighted by Gasteiger charge is 2.28. The van der Waals surface area contributed by atoms with Crippen molar-refractivity contribution in [3.63, 3.8) is 0 Å². The molecular formula is C20H25F3IN3O3S. The second-order valence-corrected chi connectivity index (χ2v) is 8.65. The lowest BCUT2D eigenvalue weighted by atomic mass is 10.1. The highest BCUT2D eigenvalue weighted by molar-refractivity contribution is 14.0. The van der Waals surface area contributed by atoms with Crippen molar-refractivity contribution in [3.05, 3.63) is 59.2 Å². The van der Waals surface area contributed by atoms with E-state index in [0.29, 0.717) is 23.6 Å². The Hall–Kier alpha value is -2.02. The minimum atomic E-state index is -4.41. The van der Waals surface area contributed by atoms with E-state index in [1.165, 1.54) is 6.07 Å². The van der Waals surface area contributed by atoms with Crippen molar-refractivity contribution in [2.75, 3.05) is 19.9 Å². The van der Waals surface area contributed by atoms with Gasteiger partial charge in [-0.2, -0.15) is 13.2 Å². The van der Waals surface area contributed by atoms with Gasteiger partial charge in [-0.1, -0.05) is 30.3 Å². The summed E-state index contributed by atoms with van der Waals surface area (Å²) >= 11 is 0. The van der Waals surface area contributed by atoms with Gasteiger partial charge in [0.15, 0.2) is 22.4 Å². The van der Waals surface area contributed by atoms with Crippen LogP contribution in [0.25, 0.3) is 0 Å². The maximum atomic E-state index is 12.4. The summed E-state index contributed by atoms with van der Waals surface area (Å²) in [6.07, 6.45) is -3.25. The number of aryl methyl sites for hydroxylation is 1. The normalized spacial score (nSPS) is 12.1. The molecule has 0 aliphatic heterocycles. The SMILES string of the molecule is CN=C(NCc1ccc(S(C)(=O)=O)c(C)c1)NCc1ccccc1OCC(F)(F)F.I. The average Bonchev–Trinajstić information content (AvgIpc) is 2.65. The molecule has 0 amide bonds. The summed E-state index contributed by atoms with van der Waals surface area (Å²) in [6.45, 7) is 0.959. The maximum absolute atomic E-state index is 12.4. The number of halogens is 4. The molecule has 0 heterocycles. The van der Waals surface area contributed by atoms with Gasteiger partial charge in [0.1, 0.15) is 5.75 Å². The third kappa shape index (κ3) is 8.93. The van der Waals surface area contributed by atoms with Crippen LogP contribution in [0.15, 0.2) is 52.4 Å². The fourth-order valence-electron chi connectivity index (χ4n) is 2.77. The molecule has 0 unspecified atom stereocenters. The molecule has 0 aromatic heterocycles. The second-order valence-electron chi connectivity index (χ2n) is 6.66. The van der Waals surface area contributed by atoms with Crippen LogP contribution in [0, 0.1) is 6.92 Å². The molecule has 0 aliphatic rings. The number of sulfone groups is 1. The Balaban J connectivity index is 0.00000480. The number of nitrogens with zero attached hydrogens (tertiary/aromatic N) is 1. The van der Waals surface area contributed by atoms with E-state index >= 15 is 0 Å². The Labute approximate surface area is 197 Å². The first-order valence-electron chi connectivity index (χ1n) is 9.01. The van der Waals surface area contributed by atoms with E-state index in [1.807, 2.05) is 0 Å². The zero-order valence-corrected chi connectivity index (χ0v) is 20.4. The van der Waals surface area contributed by atoms with Gasteiger partial charge in [0, 0.05) is 32.0 Å². The third-order valence-electron chi connectivity index (χ3n) is 4.13. The summed E-state index contributed by atoms with van der Waals surface area (Å²) in [7, 11) is -1.71. The number of nitrogens with one attached hydrogen (secondary N) is 2. The van der Waals surface area contributed by atoms with Crippen LogP contribution in [0.4, 0.5) is 13.2 Å².